The monoisotopic (exact) mass is 312 g/mol. The van der Waals surface area contributed by atoms with Gasteiger partial charge in [-0.05, 0) is 18.2 Å². The zero-order valence-electron chi connectivity index (χ0n) is 10.1. The molecular formula is C12H13BrN2O3. The van der Waals surface area contributed by atoms with E-state index in [1.165, 1.54) is 25.1 Å². The first-order chi connectivity index (χ1) is 8.65. The Morgan fingerprint density at radius 1 is 1.39 bits per heavy atom. The highest BCUT2D eigenvalue weighted by Crippen LogP contribution is 2.14. The minimum Gasteiger partial charge on any atom is -0.354 e. The van der Waals surface area contributed by atoms with Gasteiger partial charge in [0.15, 0.2) is 6.29 Å². The second-order valence-corrected chi connectivity index (χ2v) is 4.68. The molecule has 2 rings (SSSR count). The van der Waals surface area contributed by atoms with Gasteiger partial charge in [0.05, 0.1) is 23.8 Å². The smallest absolute Gasteiger partial charge is 0.261 e. The normalized spacial score (nSPS) is 11.3. The maximum absolute atomic E-state index is 12.2. The van der Waals surface area contributed by atoms with E-state index in [1.807, 2.05) is 6.07 Å². The van der Waals surface area contributed by atoms with Gasteiger partial charge in [-0.25, -0.2) is 4.98 Å². The minimum absolute atomic E-state index is 0.111. The van der Waals surface area contributed by atoms with Crippen molar-refractivity contribution in [1.82, 2.24) is 9.55 Å². The predicted octanol–water partition coefficient (Wildman–Crippen LogP) is 1.78. The van der Waals surface area contributed by atoms with Gasteiger partial charge in [0.2, 0.25) is 0 Å². The topological polar surface area (TPSA) is 53.4 Å². The first-order valence-electron chi connectivity index (χ1n) is 5.36. The second-order valence-electron chi connectivity index (χ2n) is 3.76. The molecule has 0 aliphatic heterocycles. The van der Waals surface area contributed by atoms with E-state index in [4.69, 9.17) is 9.47 Å². The van der Waals surface area contributed by atoms with Crippen LogP contribution in [-0.2, 0) is 16.0 Å². The van der Waals surface area contributed by atoms with E-state index in [2.05, 4.69) is 20.9 Å². The molecule has 18 heavy (non-hydrogen) atoms. The summed E-state index contributed by atoms with van der Waals surface area (Å²) in [5.41, 5.74) is 0.561. The molecule has 0 saturated carbocycles. The molecule has 0 N–H and O–H groups in total. The third kappa shape index (κ3) is 2.60. The Morgan fingerprint density at radius 2 is 2.11 bits per heavy atom. The van der Waals surface area contributed by atoms with Crippen molar-refractivity contribution in [2.75, 3.05) is 14.2 Å². The van der Waals surface area contributed by atoms with Crippen LogP contribution in [-0.4, -0.2) is 30.1 Å². The van der Waals surface area contributed by atoms with Gasteiger partial charge < -0.3 is 9.47 Å². The number of hydrogen-bond donors (Lipinski definition) is 0. The van der Waals surface area contributed by atoms with Crippen LogP contribution >= 0.6 is 15.9 Å². The SMILES string of the molecule is COC(Cn1cnc2ccc(Br)cc2c1=O)OC. The fourth-order valence-corrected chi connectivity index (χ4v) is 2.03. The molecule has 0 amide bonds. The van der Waals surface area contributed by atoms with Gasteiger partial charge >= 0.3 is 0 Å². The average molecular weight is 313 g/mol. The minimum atomic E-state index is -0.464. The van der Waals surface area contributed by atoms with Gasteiger partial charge in [-0.15, -0.1) is 0 Å². The summed E-state index contributed by atoms with van der Waals surface area (Å²) in [6.07, 6.45) is 1.04. The van der Waals surface area contributed by atoms with Gasteiger partial charge in [0.1, 0.15) is 0 Å². The molecule has 0 saturated heterocycles. The summed E-state index contributed by atoms with van der Waals surface area (Å²) in [5, 5.41) is 0.567. The van der Waals surface area contributed by atoms with E-state index in [-0.39, 0.29) is 5.56 Å². The van der Waals surface area contributed by atoms with Crippen LogP contribution in [0.4, 0.5) is 0 Å². The van der Waals surface area contributed by atoms with Crippen molar-refractivity contribution in [1.29, 1.82) is 0 Å². The quantitative estimate of drug-likeness (QED) is 0.808. The molecule has 1 heterocycles. The Morgan fingerprint density at radius 3 is 2.78 bits per heavy atom. The Kier molecular flexibility index (Phi) is 4.11. The van der Waals surface area contributed by atoms with Crippen LogP contribution in [0.5, 0.6) is 0 Å². The molecule has 0 unspecified atom stereocenters. The molecule has 0 fully saturated rings. The zero-order chi connectivity index (χ0) is 13.1. The number of nitrogens with zero attached hydrogens (tertiary/aromatic N) is 2. The molecule has 0 aliphatic carbocycles. The van der Waals surface area contributed by atoms with Crippen LogP contribution < -0.4 is 5.56 Å². The van der Waals surface area contributed by atoms with Crippen LogP contribution in [0.15, 0.2) is 33.8 Å². The number of benzene rings is 1. The molecule has 2 aromatic rings. The number of halogens is 1. The van der Waals surface area contributed by atoms with E-state index in [0.717, 1.165) is 4.47 Å². The van der Waals surface area contributed by atoms with Gasteiger partial charge in [-0.2, -0.15) is 0 Å². The lowest BCUT2D eigenvalue weighted by molar-refractivity contribution is -0.111. The average Bonchev–Trinajstić information content (AvgIpc) is 2.39. The van der Waals surface area contributed by atoms with Crippen LogP contribution in [0.2, 0.25) is 0 Å². The van der Waals surface area contributed by atoms with Crippen molar-refractivity contribution in [3.05, 3.63) is 39.4 Å². The summed E-state index contributed by atoms with van der Waals surface area (Å²) >= 11 is 3.34. The molecule has 0 bridgehead atoms. The van der Waals surface area contributed by atoms with Crippen molar-refractivity contribution in [3.63, 3.8) is 0 Å². The maximum atomic E-state index is 12.2. The number of rotatable bonds is 4. The lowest BCUT2D eigenvalue weighted by Crippen LogP contribution is -2.29. The summed E-state index contributed by atoms with van der Waals surface area (Å²) in [5.74, 6) is 0. The fourth-order valence-electron chi connectivity index (χ4n) is 1.67. The van der Waals surface area contributed by atoms with Gasteiger partial charge in [-0.1, -0.05) is 15.9 Å². The number of ether oxygens (including phenoxy) is 2. The molecule has 1 aromatic heterocycles. The molecule has 1 aromatic carbocycles. The molecule has 96 valence electrons. The van der Waals surface area contributed by atoms with Gasteiger partial charge in [-0.3, -0.25) is 9.36 Å². The summed E-state index contributed by atoms with van der Waals surface area (Å²) in [7, 11) is 3.06. The van der Waals surface area contributed by atoms with Gasteiger partial charge in [0.25, 0.3) is 5.56 Å². The van der Waals surface area contributed by atoms with Crippen LogP contribution in [0.1, 0.15) is 0 Å². The van der Waals surface area contributed by atoms with Crippen LogP contribution in [0, 0.1) is 0 Å². The molecule has 0 spiro atoms. The van der Waals surface area contributed by atoms with Crippen molar-refractivity contribution >= 4 is 26.8 Å². The number of methoxy groups -OCH3 is 2. The second kappa shape index (κ2) is 5.60. The highest BCUT2D eigenvalue weighted by atomic mass is 79.9. The Labute approximate surface area is 112 Å². The Bertz CT molecular complexity index is 608. The summed E-state index contributed by atoms with van der Waals surface area (Å²) in [6, 6.07) is 5.41. The first-order valence-corrected chi connectivity index (χ1v) is 6.15. The number of aromatic nitrogens is 2. The van der Waals surface area contributed by atoms with E-state index in [0.29, 0.717) is 17.4 Å². The van der Waals surface area contributed by atoms with Crippen molar-refractivity contribution in [2.24, 2.45) is 0 Å². The third-order valence-corrected chi connectivity index (χ3v) is 3.15. The summed E-state index contributed by atoms with van der Waals surface area (Å²) in [6.45, 7) is 0.307. The first kappa shape index (κ1) is 13.2. The van der Waals surface area contributed by atoms with Crippen molar-refractivity contribution in [3.8, 4) is 0 Å². The predicted molar refractivity (Wildman–Crippen MR) is 71.5 cm³/mol. The lowest BCUT2D eigenvalue weighted by Gasteiger charge is -2.14. The van der Waals surface area contributed by atoms with E-state index >= 15 is 0 Å². The molecular weight excluding hydrogens is 300 g/mol. The summed E-state index contributed by atoms with van der Waals surface area (Å²) in [4.78, 5) is 16.5. The zero-order valence-corrected chi connectivity index (χ0v) is 11.7. The molecule has 0 atom stereocenters. The lowest BCUT2D eigenvalue weighted by atomic mass is 10.2. The van der Waals surface area contributed by atoms with Crippen molar-refractivity contribution < 1.29 is 9.47 Å². The molecule has 6 heteroatoms. The van der Waals surface area contributed by atoms with Gasteiger partial charge in [0, 0.05) is 18.7 Å². The molecule has 0 radical (unpaired) electrons. The summed E-state index contributed by atoms with van der Waals surface area (Å²) < 4.78 is 12.5. The largest absolute Gasteiger partial charge is 0.354 e. The molecule has 0 aliphatic rings. The van der Waals surface area contributed by atoms with E-state index in [1.54, 1.807) is 12.1 Å². The molecule has 5 nitrogen and oxygen atoms in total. The maximum Gasteiger partial charge on any atom is 0.261 e. The third-order valence-electron chi connectivity index (χ3n) is 2.66. The Balaban J connectivity index is 2.47. The number of hydrogen-bond acceptors (Lipinski definition) is 4. The van der Waals surface area contributed by atoms with Crippen molar-refractivity contribution in [2.45, 2.75) is 12.8 Å². The van der Waals surface area contributed by atoms with Crippen LogP contribution in [0.25, 0.3) is 10.9 Å². The fraction of sp³-hybridized carbons (Fsp3) is 0.333. The number of fused-ring (bicyclic) bond motifs is 1. The highest BCUT2D eigenvalue weighted by molar-refractivity contribution is 9.10. The van der Waals surface area contributed by atoms with E-state index < -0.39 is 6.29 Å². The van der Waals surface area contributed by atoms with Crippen LogP contribution in [0.3, 0.4) is 0 Å². The highest BCUT2D eigenvalue weighted by Gasteiger charge is 2.10. The standard InChI is InChI=1S/C12H13BrN2O3/c1-17-11(18-2)6-15-7-14-10-4-3-8(13)5-9(10)12(15)16/h3-5,7,11H,6H2,1-2H3. The van der Waals surface area contributed by atoms with E-state index in [9.17, 15) is 4.79 Å². The Hall–Kier alpha value is -1.24.